The maximum absolute atomic E-state index is 5.76. The van der Waals surface area contributed by atoms with Crippen LogP contribution in [0.1, 0.15) is 31.5 Å². The highest BCUT2D eigenvalue weighted by Gasteiger charge is 2.26. The van der Waals surface area contributed by atoms with Crippen LogP contribution in [0, 0.1) is 0 Å². The standard InChI is InChI=1S/C11H18N4/c1-8(12)7-15(2)10-5-6-13-11(14-10)9-3-4-9/h5-6,8-9H,3-4,7,12H2,1-2H3. The molecule has 2 N–H and O–H groups in total. The molecule has 1 aromatic rings. The normalized spacial score (nSPS) is 17.5. The minimum Gasteiger partial charge on any atom is -0.358 e. The van der Waals surface area contributed by atoms with E-state index in [1.807, 2.05) is 26.2 Å². The van der Waals surface area contributed by atoms with Crippen LogP contribution in [0.4, 0.5) is 5.82 Å². The lowest BCUT2D eigenvalue weighted by atomic mass is 10.3. The van der Waals surface area contributed by atoms with Gasteiger partial charge in [-0.15, -0.1) is 0 Å². The second-order valence-corrected chi connectivity index (χ2v) is 4.41. The summed E-state index contributed by atoms with van der Waals surface area (Å²) in [5, 5.41) is 0. The van der Waals surface area contributed by atoms with Gasteiger partial charge in [-0.2, -0.15) is 0 Å². The largest absolute Gasteiger partial charge is 0.358 e. The Morgan fingerprint density at radius 1 is 1.60 bits per heavy atom. The van der Waals surface area contributed by atoms with Gasteiger partial charge in [0.1, 0.15) is 11.6 Å². The summed E-state index contributed by atoms with van der Waals surface area (Å²) in [4.78, 5) is 10.9. The van der Waals surface area contributed by atoms with Crippen LogP contribution in [0.25, 0.3) is 0 Å². The SMILES string of the molecule is CC(N)CN(C)c1ccnc(C2CC2)n1. The summed E-state index contributed by atoms with van der Waals surface area (Å²) in [6, 6.07) is 2.10. The van der Waals surface area contributed by atoms with Crippen LogP contribution in [0.5, 0.6) is 0 Å². The molecule has 4 nitrogen and oxygen atoms in total. The molecule has 1 heterocycles. The Hall–Kier alpha value is -1.16. The zero-order chi connectivity index (χ0) is 10.8. The predicted molar refractivity (Wildman–Crippen MR) is 60.9 cm³/mol. The molecule has 0 amide bonds. The van der Waals surface area contributed by atoms with E-state index in [1.165, 1.54) is 12.8 Å². The van der Waals surface area contributed by atoms with Gasteiger partial charge in [0.05, 0.1) is 0 Å². The molecule has 0 spiro atoms. The molecule has 0 saturated heterocycles. The Kier molecular flexibility index (Phi) is 2.86. The van der Waals surface area contributed by atoms with E-state index in [0.29, 0.717) is 5.92 Å². The minimum atomic E-state index is 0.161. The number of nitrogens with two attached hydrogens (primary N) is 1. The molecule has 1 fully saturated rings. The summed E-state index contributed by atoms with van der Waals surface area (Å²) in [6.45, 7) is 2.82. The molecule has 4 heteroatoms. The first-order valence-corrected chi connectivity index (χ1v) is 5.46. The fourth-order valence-corrected chi connectivity index (χ4v) is 1.64. The summed E-state index contributed by atoms with van der Waals surface area (Å²) >= 11 is 0. The van der Waals surface area contributed by atoms with Crippen molar-refractivity contribution in [3.63, 3.8) is 0 Å². The molecular weight excluding hydrogens is 188 g/mol. The number of hydrogen-bond acceptors (Lipinski definition) is 4. The molecule has 15 heavy (non-hydrogen) atoms. The Morgan fingerprint density at radius 2 is 2.33 bits per heavy atom. The maximum Gasteiger partial charge on any atom is 0.133 e. The molecule has 0 aliphatic heterocycles. The van der Waals surface area contributed by atoms with Gasteiger partial charge in [-0.1, -0.05) is 0 Å². The average molecular weight is 206 g/mol. The van der Waals surface area contributed by atoms with E-state index in [0.717, 1.165) is 18.2 Å². The van der Waals surface area contributed by atoms with Gasteiger partial charge < -0.3 is 10.6 Å². The fraction of sp³-hybridized carbons (Fsp3) is 0.636. The predicted octanol–water partition coefficient (Wildman–Crippen LogP) is 1.14. The smallest absolute Gasteiger partial charge is 0.133 e. The average Bonchev–Trinajstić information content (AvgIpc) is 3.00. The summed E-state index contributed by atoms with van der Waals surface area (Å²) in [5.41, 5.74) is 5.76. The first-order valence-electron chi connectivity index (χ1n) is 5.46. The van der Waals surface area contributed by atoms with Crippen molar-refractivity contribution in [2.24, 2.45) is 5.73 Å². The van der Waals surface area contributed by atoms with Crippen LogP contribution in [0.3, 0.4) is 0 Å². The molecule has 2 rings (SSSR count). The lowest BCUT2D eigenvalue weighted by Gasteiger charge is -2.20. The summed E-state index contributed by atoms with van der Waals surface area (Å²) in [7, 11) is 2.02. The minimum absolute atomic E-state index is 0.161. The maximum atomic E-state index is 5.76. The van der Waals surface area contributed by atoms with Gasteiger partial charge in [0.15, 0.2) is 0 Å². The van der Waals surface area contributed by atoms with Crippen molar-refractivity contribution in [2.75, 3.05) is 18.5 Å². The molecule has 0 radical (unpaired) electrons. The number of likely N-dealkylation sites (N-methyl/N-ethyl adjacent to an activating group) is 1. The van der Waals surface area contributed by atoms with E-state index >= 15 is 0 Å². The Balaban J connectivity index is 2.09. The molecule has 1 unspecified atom stereocenters. The van der Waals surface area contributed by atoms with E-state index < -0.39 is 0 Å². The van der Waals surface area contributed by atoms with Crippen molar-refractivity contribution in [3.05, 3.63) is 18.1 Å². The van der Waals surface area contributed by atoms with Crippen molar-refractivity contribution in [1.82, 2.24) is 9.97 Å². The highest BCUT2D eigenvalue weighted by Crippen LogP contribution is 2.38. The highest BCUT2D eigenvalue weighted by atomic mass is 15.2. The van der Waals surface area contributed by atoms with E-state index in [9.17, 15) is 0 Å². The van der Waals surface area contributed by atoms with Gasteiger partial charge >= 0.3 is 0 Å². The van der Waals surface area contributed by atoms with E-state index in [1.54, 1.807) is 0 Å². The monoisotopic (exact) mass is 206 g/mol. The van der Waals surface area contributed by atoms with Gasteiger partial charge in [0.2, 0.25) is 0 Å². The highest BCUT2D eigenvalue weighted by molar-refractivity contribution is 5.37. The van der Waals surface area contributed by atoms with Gasteiger partial charge in [-0.05, 0) is 25.8 Å². The second-order valence-electron chi connectivity index (χ2n) is 4.41. The first-order chi connectivity index (χ1) is 7.16. The summed E-state index contributed by atoms with van der Waals surface area (Å²) in [6.07, 6.45) is 4.31. The van der Waals surface area contributed by atoms with Crippen LogP contribution >= 0.6 is 0 Å². The van der Waals surface area contributed by atoms with Crippen molar-refractivity contribution in [1.29, 1.82) is 0 Å². The number of anilines is 1. The number of rotatable bonds is 4. The van der Waals surface area contributed by atoms with Crippen molar-refractivity contribution >= 4 is 5.82 Å². The van der Waals surface area contributed by atoms with E-state index in [4.69, 9.17) is 5.73 Å². The molecule has 1 atom stereocenters. The van der Waals surface area contributed by atoms with Crippen molar-refractivity contribution in [2.45, 2.75) is 31.7 Å². The third-order valence-corrected chi connectivity index (χ3v) is 2.55. The van der Waals surface area contributed by atoms with Crippen molar-refractivity contribution in [3.8, 4) is 0 Å². The number of hydrogen-bond donors (Lipinski definition) is 1. The number of aromatic nitrogens is 2. The van der Waals surface area contributed by atoms with Crippen molar-refractivity contribution < 1.29 is 0 Å². The zero-order valence-electron chi connectivity index (χ0n) is 9.35. The molecule has 1 aromatic heterocycles. The third-order valence-electron chi connectivity index (χ3n) is 2.55. The summed E-state index contributed by atoms with van der Waals surface area (Å²) < 4.78 is 0. The van der Waals surface area contributed by atoms with Crippen LogP contribution in [-0.4, -0.2) is 29.6 Å². The van der Waals surface area contributed by atoms with E-state index in [-0.39, 0.29) is 6.04 Å². The van der Waals surface area contributed by atoms with Crippen LogP contribution in [0.2, 0.25) is 0 Å². The quantitative estimate of drug-likeness (QED) is 0.802. The Bertz CT molecular complexity index is 333. The van der Waals surface area contributed by atoms with Gasteiger partial charge in [-0.3, -0.25) is 0 Å². The number of nitrogens with zero attached hydrogens (tertiary/aromatic N) is 3. The molecule has 0 bridgehead atoms. The lowest BCUT2D eigenvalue weighted by Crippen LogP contribution is -2.33. The second kappa shape index (κ2) is 4.14. The van der Waals surface area contributed by atoms with Crippen LogP contribution in [0.15, 0.2) is 12.3 Å². The summed E-state index contributed by atoms with van der Waals surface area (Å²) in [5.74, 6) is 2.57. The molecule has 82 valence electrons. The molecular formula is C11H18N4. The molecule has 1 aliphatic carbocycles. The third kappa shape index (κ3) is 2.65. The Labute approximate surface area is 90.5 Å². The van der Waals surface area contributed by atoms with Crippen LogP contribution in [-0.2, 0) is 0 Å². The Morgan fingerprint density at radius 3 is 2.93 bits per heavy atom. The van der Waals surface area contributed by atoms with Gasteiger partial charge in [-0.25, -0.2) is 9.97 Å². The van der Waals surface area contributed by atoms with Gasteiger partial charge in [0.25, 0.3) is 0 Å². The molecule has 0 aromatic carbocycles. The zero-order valence-corrected chi connectivity index (χ0v) is 9.35. The lowest BCUT2D eigenvalue weighted by molar-refractivity contribution is 0.708. The van der Waals surface area contributed by atoms with Crippen LogP contribution < -0.4 is 10.6 Å². The topological polar surface area (TPSA) is 55.0 Å². The van der Waals surface area contributed by atoms with E-state index in [2.05, 4.69) is 14.9 Å². The van der Waals surface area contributed by atoms with Gasteiger partial charge in [0, 0.05) is 31.7 Å². The fourth-order valence-electron chi connectivity index (χ4n) is 1.64. The molecule has 1 saturated carbocycles. The first kappa shape index (κ1) is 10.4. The molecule has 1 aliphatic rings.